The minimum atomic E-state index is -0.122. The van der Waals surface area contributed by atoms with E-state index >= 15 is 0 Å². The van der Waals surface area contributed by atoms with Gasteiger partial charge in [-0.2, -0.15) is 0 Å². The maximum atomic E-state index is 7.47. The average molecular weight is 286 g/mol. The Kier molecular flexibility index (Phi) is 4.02. The van der Waals surface area contributed by atoms with Crippen LogP contribution in [0.1, 0.15) is 36.8 Å². The van der Waals surface area contributed by atoms with Gasteiger partial charge in [-0.3, -0.25) is 10.4 Å². The maximum absolute atomic E-state index is 7.47. The van der Waals surface area contributed by atoms with Crippen LogP contribution in [0.5, 0.6) is 11.5 Å². The largest absolute Gasteiger partial charge is 0.451 e. The Hall–Kier alpha value is -2.70. The van der Waals surface area contributed by atoms with Crippen molar-refractivity contribution >= 4 is 11.7 Å². The third-order valence-corrected chi connectivity index (χ3v) is 2.92. The highest BCUT2D eigenvalue weighted by Gasteiger charge is 2.14. The fourth-order valence-corrected chi connectivity index (χ4v) is 1.79. The molecule has 0 aromatic carbocycles. The van der Waals surface area contributed by atoms with Crippen LogP contribution in [0.3, 0.4) is 0 Å². The van der Waals surface area contributed by atoms with Crippen LogP contribution in [-0.2, 0) is 0 Å². The van der Waals surface area contributed by atoms with E-state index in [-0.39, 0.29) is 17.6 Å². The molecule has 0 aliphatic rings. The van der Waals surface area contributed by atoms with Crippen molar-refractivity contribution < 1.29 is 4.74 Å². The highest BCUT2D eigenvalue weighted by atomic mass is 16.5. The Bertz CT molecular complexity index is 683. The second-order valence-electron chi connectivity index (χ2n) is 4.94. The molecule has 2 rings (SSSR count). The number of ether oxygens (including phenoxy) is 1. The summed E-state index contributed by atoms with van der Waals surface area (Å²) < 4.78 is 5.81. The van der Waals surface area contributed by atoms with Crippen molar-refractivity contribution in [1.82, 2.24) is 15.0 Å². The summed E-state index contributed by atoms with van der Waals surface area (Å²) in [4.78, 5) is 12.3. The Balaban J connectivity index is 2.45. The van der Waals surface area contributed by atoms with Crippen LogP contribution in [-0.4, -0.2) is 20.8 Å². The van der Waals surface area contributed by atoms with Crippen LogP contribution in [0.4, 0.5) is 5.82 Å². The van der Waals surface area contributed by atoms with Gasteiger partial charge < -0.3 is 16.2 Å². The summed E-state index contributed by atoms with van der Waals surface area (Å²) in [6.07, 6.45) is 3.18. The van der Waals surface area contributed by atoms with E-state index in [4.69, 9.17) is 21.6 Å². The fourth-order valence-electron chi connectivity index (χ4n) is 1.79. The van der Waals surface area contributed by atoms with E-state index in [9.17, 15) is 0 Å². The van der Waals surface area contributed by atoms with Crippen molar-refractivity contribution in [2.24, 2.45) is 5.73 Å². The van der Waals surface area contributed by atoms with Gasteiger partial charge >= 0.3 is 0 Å². The van der Waals surface area contributed by atoms with E-state index in [2.05, 4.69) is 15.0 Å². The molecule has 0 amide bonds. The summed E-state index contributed by atoms with van der Waals surface area (Å²) in [5, 5.41) is 7.47. The molecule has 2 heterocycles. The molecule has 0 aliphatic carbocycles. The molecule has 0 unspecified atom stereocenters. The second kappa shape index (κ2) is 5.74. The lowest BCUT2D eigenvalue weighted by Crippen LogP contribution is -2.14. The summed E-state index contributed by atoms with van der Waals surface area (Å²) in [7, 11) is 0. The number of nitrogens with two attached hydrogens (primary N) is 2. The first kappa shape index (κ1) is 14.7. The van der Waals surface area contributed by atoms with Gasteiger partial charge in [-0.1, -0.05) is 13.8 Å². The minimum Gasteiger partial charge on any atom is -0.451 e. The van der Waals surface area contributed by atoms with Gasteiger partial charge in [-0.15, -0.1) is 0 Å². The van der Waals surface area contributed by atoms with Crippen molar-refractivity contribution in [2.45, 2.75) is 26.7 Å². The first-order chi connectivity index (χ1) is 9.88. The number of anilines is 1. The number of nitrogens with zero attached hydrogens (tertiary/aromatic N) is 3. The molecular weight excluding hydrogens is 268 g/mol. The molecule has 0 bridgehead atoms. The molecule has 0 saturated heterocycles. The monoisotopic (exact) mass is 286 g/mol. The molecule has 0 spiro atoms. The van der Waals surface area contributed by atoms with Gasteiger partial charge in [0.05, 0.1) is 6.20 Å². The quantitative estimate of drug-likeness (QED) is 0.583. The smallest absolute Gasteiger partial charge is 0.187 e. The molecule has 0 fully saturated rings. The number of pyridine rings is 1. The summed E-state index contributed by atoms with van der Waals surface area (Å²) in [6.45, 7) is 5.79. The molecule has 0 aliphatic heterocycles. The van der Waals surface area contributed by atoms with Crippen LogP contribution in [0.25, 0.3) is 0 Å². The van der Waals surface area contributed by atoms with Crippen molar-refractivity contribution in [1.29, 1.82) is 5.41 Å². The number of aromatic nitrogens is 3. The summed E-state index contributed by atoms with van der Waals surface area (Å²) >= 11 is 0. The van der Waals surface area contributed by atoms with Crippen molar-refractivity contribution in [2.75, 3.05) is 5.73 Å². The first-order valence-corrected chi connectivity index (χ1v) is 6.49. The van der Waals surface area contributed by atoms with Gasteiger partial charge in [0.2, 0.25) is 0 Å². The van der Waals surface area contributed by atoms with Crippen molar-refractivity contribution in [3.8, 4) is 11.5 Å². The Morgan fingerprint density at radius 2 is 1.95 bits per heavy atom. The predicted molar refractivity (Wildman–Crippen MR) is 80.6 cm³/mol. The number of rotatable bonds is 4. The van der Waals surface area contributed by atoms with Crippen molar-refractivity contribution in [3.63, 3.8) is 0 Å². The van der Waals surface area contributed by atoms with Gasteiger partial charge in [-0.25, -0.2) is 9.97 Å². The molecule has 7 heteroatoms. The SMILES string of the molecule is Cc1ncc(Oc2cc(C(=N)N)ncc2C(C)C)c(N)n1. The maximum Gasteiger partial charge on any atom is 0.187 e. The van der Waals surface area contributed by atoms with Gasteiger partial charge in [0.25, 0.3) is 0 Å². The van der Waals surface area contributed by atoms with Gasteiger partial charge in [0.15, 0.2) is 11.6 Å². The lowest BCUT2D eigenvalue weighted by Gasteiger charge is -2.15. The van der Waals surface area contributed by atoms with Crippen LogP contribution in [0.15, 0.2) is 18.5 Å². The number of hydrogen-bond acceptors (Lipinski definition) is 6. The summed E-state index contributed by atoms with van der Waals surface area (Å²) in [6, 6.07) is 1.62. The molecule has 2 aromatic heterocycles. The molecule has 5 N–H and O–H groups in total. The standard InChI is InChI=1S/C14H18N6O/c1-7(2)9-5-19-10(13(15)16)4-11(9)21-12-6-18-8(3)20-14(12)17/h4-7H,1-3H3,(H3,15,16)(H2,17,18,20). The van der Waals surface area contributed by atoms with Crippen LogP contribution < -0.4 is 16.2 Å². The van der Waals surface area contributed by atoms with E-state index in [1.807, 2.05) is 13.8 Å². The topological polar surface area (TPSA) is 124 Å². The number of nitrogens with one attached hydrogen (secondary N) is 1. The second-order valence-corrected chi connectivity index (χ2v) is 4.94. The van der Waals surface area contributed by atoms with E-state index in [1.54, 1.807) is 19.2 Å². The van der Waals surface area contributed by atoms with E-state index < -0.39 is 0 Å². The Morgan fingerprint density at radius 3 is 2.52 bits per heavy atom. The van der Waals surface area contributed by atoms with Gasteiger partial charge in [0.1, 0.15) is 23.1 Å². The van der Waals surface area contributed by atoms with E-state index in [1.165, 1.54) is 6.20 Å². The van der Waals surface area contributed by atoms with E-state index in [0.29, 0.717) is 23.0 Å². The average Bonchev–Trinajstić information content (AvgIpc) is 2.41. The third kappa shape index (κ3) is 3.25. The summed E-state index contributed by atoms with van der Waals surface area (Å²) in [5.74, 6) is 1.82. The molecule has 110 valence electrons. The van der Waals surface area contributed by atoms with E-state index in [0.717, 1.165) is 5.56 Å². The lowest BCUT2D eigenvalue weighted by molar-refractivity contribution is 0.469. The number of aryl methyl sites for hydroxylation is 1. The Morgan fingerprint density at radius 1 is 1.24 bits per heavy atom. The zero-order chi connectivity index (χ0) is 15.6. The zero-order valence-corrected chi connectivity index (χ0v) is 12.2. The first-order valence-electron chi connectivity index (χ1n) is 6.49. The molecule has 7 nitrogen and oxygen atoms in total. The minimum absolute atomic E-state index is 0.122. The molecule has 21 heavy (non-hydrogen) atoms. The Labute approximate surface area is 122 Å². The predicted octanol–water partition coefficient (Wildman–Crippen LogP) is 1.96. The normalized spacial score (nSPS) is 10.7. The number of amidine groups is 1. The summed E-state index contributed by atoms with van der Waals surface area (Å²) in [5.41, 5.74) is 12.5. The molecule has 0 saturated carbocycles. The van der Waals surface area contributed by atoms with Crippen LogP contribution in [0.2, 0.25) is 0 Å². The molecular formula is C14H18N6O. The zero-order valence-electron chi connectivity index (χ0n) is 12.2. The van der Waals surface area contributed by atoms with Gasteiger partial charge in [-0.05, 0) is 12.8 Å². The van der Waals surface area contributed by atoms with Crippen molar-refractivity contribution in [3.05, 3.63) is 35.5 Å². The van der Waals surface area contributed by atoms with Crippen LogP contribution >= 0.6 is 0 Å². The lowest BCUT2D eigenvalue weighted by atomic mass is 10.0. The highest BCUT2D eigenvalue weighted by molar-refractivity contribution is 5.93. The molecule has 0 radical (unpaired) electrons. The van der Waals surface area contributed by atoms with Crippen LogP contribution in [0, 0.1) is 12.3 Å². The van der Waals surface area contributed by atoms with Gasteiger partial charge in [0, 0.05) is 17.8 Å². The molecule has 0 atom stereocenters. The third-order valence-electron chi connectivity index (χ3n) is 2.92. The number of hydrogen-bond donors (Lipinski definition) is 3. The molecule has 2 aromatic rings. The number of nitrogen functional groups attached to an aromatic ring is 2. The highest BCUT2D eigenvalue weighted by Crippen LogP contribution is 2.32. The fraction of sp³-hybridized carbons (Fsp3) is 0.286.